The van der Waals surface area contributed by atoms with Gasteiger partial charge in [-0.2, -0.15) is 0 Å². The Morgan fingerprint density at radius 1 is 1.39 bits per heavy atom. The number of hydrogen-bond acceptors (Lipinski definition) is 5. The largest absolute Gasteiger partial charge is 0.480 e. The van der Waals surface area contributed by atoms with Crippen molar-refractivity contribution in [2.24, 2.45) is 0 Å². The standard InChI is InChI=1S/C8H9BrN2O5S2/c9-5-1-2-17-8(5)18(15,16)11-3-6(12)10-4-7(13)14/h1-2,11H,3-4H2,(H,10,12)(H,13,14). The summed E-state index contributed by atoms with van der Waals surface area (Å²) in [4.78, 5) is 21.3. The number of aliphatic carboxylic acids is 1. The summed E-state index contributed by atoms with van der Waals surface area (Å²) in [6.45, 7) is -1.07. The van der Waals surface area contributed by atoms with E-state index in [9.17, 15) is 18.0 Å². The molecule has 0 aliphatic heterocycles. The van der Waals surface area contributed by atoms with Crippen LogP contribution in [0.15, 0.2) is 20.1 Å². The topological polar surface area (TPSA) is 113 Å². The quantitative estimate of drug-likeness (QED) is 0.663. The molecule has 0 aromatic carbocycles. The van der Waals surface area contributed by atoms with Gasteiger partial charge in [0, 0.05) is 4.47 Å². The molecule has 0 saturated heterocycles. The molecule has 0 aliphatic carbocycles. The van der Waals surface area contributed by atoms with Crippen LogP contribution in [0.4, 0.5) is 0 Å². The Bertz CT molecular complexity index is 554. The third-order valence-corrected chi connectivity index (χ3v) is 5.76. The van der Waals surface area contributed by atoms with E-state index in [1.54, 1.807) is 11.4 Å². The van der Waals surface area contributed by atoms with Gasteiger partial charge >= 0.3 is 5.97 Å². The first-order valence-corrected chi connectivity index (χ1v) is 7.69. The monoisotopic (exact) mass is 356 g/mol. The number of carboxylic acid groups (broad SMARTS) is 1. The predicted molar refractivity (Wildman–Crippen MR) is 67.9 cm³/mol. The number of halogens is 1. The zero-order chi connectivity index (χ0) is 13.8. The SMILES string of the molecule is O=C(O)CNC(=O)CNS(=O)(=O)c1sccc1Br. The second kappa shape index (κ2) is 6.27. The number of amides is 1. The van der Waals surface area contributed by atoms with Gasteiger partial charge in [-0.3, -0.25) is 9.59 Å². The molecule has 1 aromatic rings. The number of thiophene rings is 1. The normalized spacial score (nSPS) is 11.2. The summed E-state index contributed by atoms with van der Waals surface area (Å²) in [5.74, 6) is -1.92. The van der Waals surface area contributed by atoms with Crippen molar-refractivity contribution in [3.8, 4) is 0 Å². The Hall–Kier alpha value is -0.970. The molecule has 1 amide bonds. The highest BCUT2D eigenvalue weighted by atomic mass is 79.9. The highest BCUT2D eigenvalue weighted by Crippen LogP contribution is 2.26. The first-order chi connectivity index (χ1) is 8.33. The van der Waals surface area contributed by atoms with E-state index < -0.39 is 35.0 Å². The Balaban J connectivity index is 2.56. The molecule has 0 unspecified atom stereocenters. The maximum absolute atomic E-state index is 11.7. The van der Waals surface area contributed by atoms with Gasteiger partial charge < -0.3 is 10.4 Å². The summed E-state index contributed by atoms with van der Waals surface area (Å²) in [6.07, 6.45) is 0. The average molecular weight is 357 g/mol. The zero-order valence-corrected chi connectivity index (χ0v) is 12.1. The molecule has 1 heterocycles. The molecule has 0 radical (unpaired) electrons. The van der Waals surface area contributed by atoms with Crippen molar-refractivity contribution in [1.29, 1.82) is 0 Å². The van der Waals surface area contributed by atoms with Crippen LogP contribution in [0.2, 0.25) is 0 Å². The molecule has 7 nitrogen and oxygen atoms in total. The number of carboxylic acids is 1. The molecule has 0 bridgehead atoms. The average Bonchev–Trinajstić information content (AvgIpc) is 2.71. The smallest absolute Gasteiger partial charge is 0.322 e. The Kier molecular flexibility index (Phi) is 5.26. The van der Waals surface area contributed by atoms with Gasteiger partial charge in [-0.15, -0.1) is 11.3 Å². The molecule has 1 rings (SSSR count). The van der Waals surface area contributed by atoms with Crippen LogP contribution in [0, 0.1) is 0 Å². The van der Waals surface area contributed by atoms with Crippen molar-refractivity contribution < 1.29 is 23.1 Å². The van der Waals surface area contributed by atoms with E-state index in [-0.39, 0.29) is 4.21 Å². The first-order valence-electron chi connectivity index (χ1n) is 4.54. The van der Waals surface area contributed by atoms with Crippen LogP contribution in [-0.4, -0.2) is 38.5 Å². The number of carbonyl (C=O) groups excluding carboxylic acids is 1. The Morgan fingerprint density at radius 3 is 2.56 bits per heavy atom. The lowest BCUT2D eigenvalue weighted by molar-refractivity contribution is -0.137. The highest BCUT2D eigenvalue weighted by molar-refractivity contribution is 9.10. The fourth-order valence-corrected chi connectivity index (χ4v) is 4.30. The zero-order valence-electron chi connectivity index (χ0n) is 8.84. The minimum absolute atomic E-state index is 0.0635. The summed E-state index contributed by atoms with van der Waals surface area (Å²) in [6, 6.07) is 1.57. The predicted octanol–water partition coefficient (Wildman–Crippen LogP) is -0.0103. The molecule has 0 spiro atoms. The fraction of sp³-hybridized carbons (Fsp3) is 0.250. The van der Waals surface area contributed by atoms with Crippen molar-refractivity contribution in [2.75, 3.05) is 13.1 Å². The van der Waals surface area contributed by atoms with E-state index in [1.807, 2.05) is 5.32 Å². The molecule has 1 aromatic heterocycles. The Labute approximate surface area is 115 Å². The second-order valence-electron chi connectivity index (χ2n) is 3.05. The molecular formula is C8H9BrN2O5S2. The molecule has 0 aliphatic rings. The number of sulfonamides is 1. The lowest BCUT2D eigenvalue weighted by atomic mass is 10.5. The maximum Gasteiger partial charge on any atom is 0.322 e. The third kappa shape index (κ3) is 4.37. The van der Waals surface area contributed by atoms with E-state index in [4.69, 9.17) is 5.11 Å². The Morgan fingerprint density at radius 2 is 2.06 bits per heavy atom. The maximum atomic E-state index is 11.7. The summed E-state index contributed by atoms with van der Waals surface area (Å²) >= 11 is 4.08. The van der Waals surface area contributed by atoms with E-state index >= 15 is 0 Å². The van der Waals surface area contributed by atoms with Crippen molar-refractivity contribution >= 4 is 49.2 Å². The van der Waals surface area contributed by atoms with Crippen molar-refractivity contribution in [2.45, 2.75) is 4.21 Å². The minimum atomic E-state index is -3.77. The summed E-state index contributed by atoms with van der Waals surface area (Å²) < 4.78 is 26.0. The van der Waals surface area contributed by atoms with Crippen LogP contribution < -0.4 is 10.0 Å². The van der Waals surface area contributed by atoms with Crippen LogP contribution >= 0.6 is 27.3 Å². The number of hydrogen-bond donors (Lipinski definition) is 3. The van der Waals surface area contributed by atoms with Gasteiger partial charge in [-0.1, -0.05) is 0 Å². The molecular weight excluding hydrogens is 348 g/mol. The van der Waals surface area contributed by atoms with Crippen LogP contribution in [0.1, 0.15) is 0 Å². The van der Waals surface area contributed by atoms with Gasteiger partial charge in [-0.05, 0) is 27.4 Å². The van der Waals surface area contributed by atoms with Crippen molar-refractivity contribution in [1.82, 2.24) is 10.0 Å². The molecule has 100 valence electrons. The van der Waals surface area contributed by atoms with Gasteiger partial charge in [-0.25, -0.2) is 13.1 Å². The van der Waals surface area contributed by atoms with Gasteiger partial charge in [0.25, 0.3) is 10.0 Å². The van der Waals surface area contributed by atoms with E-state index in [1.165, 1.54) is 0 Å². The molecule has 0 atom stereocenters. The van der Waals surface area contributed by atoms with Crippen molar-refractivity contribution in [3.05, 3.63) is 15.9 Å². The molecule has 0 fully saturated rings. The van der Waals surface area contributed by atoms with E-state index in [0.29, 0.717) is 4.47 Å². The number of rotatable bonds is 6. The molecule has 3 N–H and O–H groups in total. The first kappa shape index (κ1) is 15.1. The van der Waals surface area contributed by atoms with E-state index in [2.05, 4.69) is 20.7 Å². The molecule has 10 heteroatoms. The number of nitrogens with one attached hydrogen (secondary N) is 2. The van der Waals surface area contributed by atoms with Crippen LogP contribution in [0.3, 0.4) is 0 Å². The summed E-state index contributed by atoms with van der Waals surface area (Å²) in [5, 5.41) is 11.9. The number of carbonyl (C=O) groups is 2. The minimum Gasteiger partial charge on any atom is -0.480 e. The van der Waals surface area contributed by atoms with Crippen molar-refractivity contribution in [3.63, 3.8) is 0 Å². The second-order valence-corrected chi connectivity index (χ2v) is 6.78. The summed E-state index contributed by atoms with van der Waals surface area (Å²) in [5.41, 5.74) is 0. The lowest BCUT2D eigenvalue weighted by Crippen LogP contribution is -2.38. The van der Waals surface area contributed by atoms with Gasteiger partial charge in [0.1, 0.15) is 10.8 Å². The van der Waals surface area contributed by atoms with Crippen LogP contribution in [-0.2, 0) is 19.6 Å². The van der Waals surface area contributed by atoms with Crippen LogP contribution in [0.25, 0.3) is 0 Å². The fourth-order valence-electron chi connectivity index (χ4n) is 0.934. The highest BCUT2D eigenvalue weighted by Gasteiger charge is 2.19. The molecule has 18 heavy (non-hydrogen) atoms. The molecule has 0 saturated carbocycles. The van der Waals surface area contributed by atoms with Crippen LogP contribution in [0.5, 0.6) is 0 Å². The van der Waals surface area contributed by atoms with Gasteiger partial charge in [0.15, 0.2) is 0 Å². The van der Waals surface area contributed by atoms with Gasteiger partial charge in [0.2, 0.25) is 5.91 Å². The third-order valence-electron chi connectivity index (χ3n) is 1.69. The van der Waals surface area contributed by atoms with E-state index in [0.717, 1.165) is 11.3 Å². The lowest BCUT2D eigenvalue weighted by Gasteiger charge is -2.05. The summed E-state index contributed by atoms with van der Waals surface area (Å²) in [7, 11) is -3.77. The van der Waals surface area contributed by atoms with Gasteiger partial charge in [0.05, 0.1) is 6.54 Å².